The summed E-state index contributed by atoms with van der Waals surface area (Å²) in [4.78, 5) is 11.7. The van der Waals surface area contributed by atoms with E-state index in [0.717, 1.165) is 12.8 Å². The number of halogens is 1. The SMILES string of the molecule is CCCCNC(=O)C(C)Oc1ccc(C(C)N)cc1F. The van der Waals surface area contributed by atoms with E-state index in [1.165, 1.54) is 12.1 Å². The number of hydrogen-bond acceptors (Lipinski definition) is 3. The van der Waals surface area contributed by atoms with Gasteiger partial charge in [0, 0.05) is 12.6 Å². The molecule has 0 saturated carbocycles. The normalized spacial score (nSPS) is 13.7. The minimum atomic E-state index is -0.734. The second kappa shape index (κ2) is 7.85. The summed E-state index contributed by atoms with van der Waals surface area (Å²) in [6, 6.07) is 4.30. The predicted octanol–water partition coefficient (Wildman–Crippen LogP) is 2.53. The molecule has 2 atom stereocenters. The van der Waals surface area contributed by atoms with Crippen LogP contribution >= 0.6 is 0 Å². The maximum absolute atomic E-state index is 13.8. The van der Waals surface area contributed by atoms with Gasteiger partial charge in [-0.15, -0.1) is 0 Å². The zero-order valence-corrected chi connectivity index (χ0v) is 12.3. The van der Waals surface area contributed by atoms with Crippen molar-refractivity contribution in [2.45, 2.75) is 45.8 Å². The van der Waals surface area contributed by atoms with Gasteiger partial charge in [0.1, 0.15) is 0 Å². The van der Waals surface area contributed by atoms with Gasteiger partial charge in [0.2, 0.25) is 0 Å². The molecule has 0 aliphatic carbocycles. The number of amides is 1. The first-order chi connectivity index (χ1) is 9.45. The number of unbranched alkanes of at least 4 members (excludes halogenated alkanes) is 1. The van der Waals surface area contributed by atoms with Gasteiger partial charge in [0.15, 0.2) is 17.7 Å². The quantitative estimate of drug-likeness (QED) is 0.755. The molecule has 0 aliphatic heterocycles. The molecule has 0 fully saturated rings. The summed E-state index contributed by atoms with van der Waals surface area (Å²) in [6.45, 7) is 6.02. The average Bonchev–Trinajstić information content (AvgIpc) is 2.40. The van der Waals surface area contributed by atoms with Gasteiger partial charge < -0.3 is 15.8 Å². The molecule has 0 bridgehead atoms. The Kier molecular flexibility index (Phi) is 6.45. The molecule has 1 amide bonds. The van der Waals surface area contributed by atoms with Crippen LogP contribution in [0.5, 0.6) is 5.75 Å². The highest BCUT2D eigenvalue weighted by molar-refractivity contribution is 5.80. The van der Waals surface area contributed by atoms with E-state index in [1.807, 2.05) is 6.92 Å². The van der Waals surface area contributed by atoms with Crippen LogP contribution in [0.25, 0.3) is 0 Å². The van der Waals surface area contributed by atoms with E-state index >= 15 is 0 Å². The van der Waals surface area contributed by atoms with Gasteiger partial charge >= 0.3 is 0 Å². The Bertz CT molecular complexity index is 449. The third-order valence-corrected chi connectivity index (χ3v) is 2.98. The number of carbonyl (C=O) groups excluding carboxylic acids is 1. The molecule has 1 rings (SSSR count). The van der Waals surface area contributed by atoms with Crippen molar-refractivity contribution in [3.05, 3.63) is 29.6 Å². The molecule has 1 aromatic carbocycles. The van der Waals surface area contributed by atoms with Crippen LogP contribution in [-0.2, 0) is 4.79 Å². The van der Waals surface area contributed by atoms with E-state index < -0.39 is 11.9 Å². The lowest BCUT2D eigenvalue weighted by atomic mass is 10.1. The van der Waals surface area contributed by atoms with E-state index in [-0.39, 0.29) is 17.7 Å². The van der Waals surface area contributed by atoms with E-state index in [9.17, 15) is 9.18 Å². The van der Waals surface area contributed by atoms with Crippen molar-refractivity contribution in [1.29, 1.82) is 0 Å². The Morgan fingerprint density at radius 2 is 2.15 bits per heavy atom. The van der Waals surface area contributed by atoms with Gasteiger partial charge in [0.05, 0.1) is 0 Å². The van der Waals surface area contributed by atoms with Crippen molar-refractivity contribution in [3.63, 3.8) is 0 Å². The fourth-order valence-corrected chi connectivity index (χ4v) is 1.67. The van der Waals surface area contributed by atoms with Crippen LogP contribution in [0.15, 0.2) is 18.2 Å². The Morgan fingerprint density at radius 3 is 2.70 bits per heavy atom. The molecular weight excluding hydrogens is 259 g/mol. The Labute approximate surface area is 119 Å². The zero-order valence-electron chi connectivity index (χ0n) is 12.3. The summed E-state index contributed by atoms with van der Waals surface area (Å²) < 4.78 is 19.2. The first-order valence-electron chi connectivity index (χ1n) is 6.95. The maximum atomic E-state index is 13.8. The van der Waals surface area contributed by atoms with E-state index in [4.69, 9.17) is 10.5 Å². The van der Waals surface area contributed by atoms with Crippen LogP contribution in [0.1, 0.15) is 45.2 Å². The number of nitrogens with one attached hydrogen (secondary N) is 1. The Morgan fingerprint density at radius 1 is 1.45 bits per heavy atom. The zero-order chi connectivity index (χ0) is 15.1. The lowest BCUT2D eigenvalue weighted by Gasteiger charge is -2.16. The van der Waals surface area contributed by atoms with Crippen LogP contribution in [0.4, 0.5) is 4.39 Å². The third kappa shape index (κ3) is 4.81. The summed E-state index contributed by atoms with van der Waals surface area (Å²) in [5, 5.41) is 2.75. The van der Waals surface area contributed by atoms with Crippen molar-refractivity contribution in [2.75, 3.05) is 6.54 Å². The molecular formula is C15H23FN2O2. The van der Waals surface area contributed by atoms with E-state index in [1.54, 1.807) is 19.9 Å². The standard InChI is InChI=1S/C15H23FN2O2/c1-4-5-8-18-15(19)11(3)20-14-7-6-12(10(2)17)9-13(14)16/h6-7,9-11H,4-5,8,17H2,1-3H3,(H,18,19). The molecule has 112 valence electrons. The molecule has 3 N–H and O–H groups in total. The van der Waals surface area contributed by atoms with E-state index in [0.29, 0.717) is 12.1 Å². The summed E-state index contributed by atoms with van der Waals surface area (Å²) >= 11 is 0. The van der Waals surface area contributed by atoms with Gasteiger partial charge in [-0.05, 0) is 38.0 Å². The molecule has 0 heterocycles. The lowest BCUT2D eigenvalue weighted by Crippen LogP contribution is -2.36. The van der Waals surface area contributed by atoms with E-state index in [2.05, 4.69) is 5.32 Å². The minimum Gasteiger partial charge on any atom is -0.478 e. The summed E-state index contributed by atoms with van der Waals surface area (Å²) in [5.74, 6) is -0.685. The molecule has 0 spiro atoms. The number of nitrogens with two attached hydrogens (primary N) is 1. The van der Waals surface area contributed by atoms with Crippen molar-refractivity contribution >= 4 is 5.91 Å². The van der Waals surface area contributed by atoms with Crippen LogP contribution in [0, 0.1) is 5.82 Å². The lowest BCUT2D eigenvalue weighted by molar-refractivity contribution is -0.127. The smallest absolute Gasteiger partial charge is 0.260 e. The highest BCUT2D eigenvalue weighted by Gasteiger charge is 2.16. The van der Waals surface area contributed by atoms with Crippen LogP contribution in [-0.4, -0.2) is 18.6 Å². The van der Waals surface area contributed by atoms with Crippen LogP contribution in [0.3, 0.4) is 0 Å². The molecule has 20 heavy (non-hydrogen) atoms. The van der Waals surface area contributed by atoms with Crippen LogP contribution < -0.4 is 15.8 Å². The number of ether oxygens (including phenoxy) is 1. The highest BCUT2D eigenvalue weighted by Crippen LogP contribution is 2.22. The first kappa shape index (κ1) is 16.4. The number of carbonyl (C=O) groups is 1. The predicted molar refractivity (Wildman–Crippen MR) is 77.0 cm³/mol. The highest BCUT2D eigenvalue weighted by atomic mass is 19.1. The topological polar surface area (TPSA) is 64.3 Å². The van der Waals surface area contributed by atoms with Crippen molar-refractivity contribution in [2.24, 2.45) is 5.73 Å². The second-order valence-electron chi connectivity index (χ2n) is 4.88. The third-order valence-electron chi connectivity index (χ3n) is 2.98. The van der Waals surface area contributed by atoms with Gasteiger partial charge in [-0.1, -0.05) is 19.4 Å². The van der Waals surface area contributed by atoms with Crippen LogP contribution in [0.2, 0.25) is 0 Å². The summed E-state index contributed by atoms with van der Waals surface area (Å²) in [6.07, 6.45) is 1.18. The molecule has 1 aromatic rings. The fraction of sp³-hybridized carbons (Fsp3) is 0.533. The first-order valence-corrected chi connectivity index (χ1v) is 6.95. The molecule has 0 aliphatic rings. The largest absolute Gasteiger partial charge is 0.478 e. The monoisotopic (exact) mass is 282 g/mol. The second-order valence-corrected chi connectivity index (χ2v) is 4.88. The van der Waals surface area contributed by atoms with Crippen molar-refractivity contribution in [1.82, 2.24) is 5.32 Å². The molecule has 0 saturated heterocycles. The Hall–Kier alpha value is -1.62. The maximum Gasteiger partial charge on any atom is 0.260 e. The van der Waals surface area contributed by atoms with Gasteiger partial charge in [-0.25, -0.2) is 4.39 Å². The molecule has 0 radical (unpaired) electrons. The fourth-order valence-electron chi connectivity index (χ4n) is 1.67. The van der Waals surface area contributed by atoms with Gasteiger partial charge in [-0.2, -0.15) is 0 Å². The molecule has 0 aromatic heterocycles. The van der Waals surface area contributed by atoms with Crippen molar-refractivity contribution in [3.8, 4) is 5.75 Å². The minimum absolute atomic E-state index is 0.0625. The number of rotatable bonds is 7. The molecule has 4 nitrogen and oxygen atoms in total. The van der Waals surface area contributed by atoms with Crippen molar-refractivity contribution < 1.29 is 13.9 Å². The molecule has 2 unspecified atom stereocenters. The number of hydrogen-bond donors (Lipinski definition) is 2. The molecule has 5 heteroatoms. The summed E-state index contributed by atoms with van der Waals surface area (Å²) in [5.41, 5.74) is 6.37. The number of benzene rings is 1. The van der Waals surface area contributed by atoms with Gasteiger partial charge in [-0.3, -0.25) is 4.79 Å². The average molecular weight is 282 g/mol. The van der Waals surface area contributed by atoms with Gasteiger partial charge in [0.25, 0.3) is 5.91 Å². The Balaban J connectivity index is 2.61. The summed E-state index contributed by atoms with van der Waals surface area (Å²) in [7, 11) is 0.